The van der Waals surface area contributed by atoms with Crippen molar-refractivity contribution in [2.45, 2.75) is 5.51 Å². The molecule has 0 N–H and O–H groups in total. The van der Waals surface area contributed by atoms with Crippen LogP contribution >= 0.6 is 15.9 Å². The van der Waals surface area contributed by atoms with Gasteiger partial charge in [-0.3, -0.25) is 0 Å². The maximum atomic E-state index is 11.9. The Morgan fingerprint density at radius 1 is 1.24 bits per heavy atom. The average molecular weight is 331 g/mol. The first-order chi connectivity index (χ1) is 7.63. The van der Waals surface area contributed by atoms with Crippen LogP contribution in [0.25, 0.3) is 0 Å². The van der Waals surface area contributed by atoms with Crippen molar-refractivity contribution in [1.29, 1.82) is 0 Å². The molecule has 0 bridgehead atoms. The molecule has 0 aliphatic carbocycles. The SMILES string of the molecule is O=S(=O)(/N=C(\[O-])c1ccc(Br)cc1)C(F)(F)F. The molecule has 0 heterocycles. The van der Waals surface area contributed by atoms with E-state index >= 15 is 0 Å². The molecule has 0 spiro atoms. The second-order valence-electron chi connectivity index (χ2n) is 2.82. The molecule has 0 aromatic heterocycles. The van der Waals surface area contributed by atoms with Gasteiger partial charge in [0.1, 0.15) is 0 Å². The van der Waals surface area contributed by atoms with E-state index in [1.165, 1.54) is 12.1 Å². The van der Waals surface area contributed by atoms with Gasteiger partial charge in [0, 0.05) is 10.4 Å². The molecule has 0 saturated heterocycles. The molecule has 1 rings (SSSR count). The van der Waals surface area contributed by atoms with Crippen LogP contribution in [-0.2, 0) is 10.0 Å². The zero-order valence-electron chi connectivity index (χ0n) is 7.90. The Labute approximate surface area is 103 Å². The largest absolute Gasteiger partial charge is 0.858 e. The van der Waals surface area contributed by atoms with Crippen molar-refractivity contribution in [3.63, 3.8) is 0 Å². The molecule has 4 nitrogen and oxygen atoms in total. The van der Waals surface area contributed by atoms with Gasteiger partial charge in [0.15, 0.2) is 0 Å². The van der Waals surface area contributed by atoms with E-state index in [0.717, 1.165) is 12.1 Å². The first-order valence-corrected chi connectivity index (χ1v) is 6.21. The van der Waals surface area contributed by atoms with Gasteiger partial charge in [0.2, 0.25) is 0 Å². The zero-order valence-corrected chi connectivity index (χ0v) is 10.3. The lowest BCUT2D eigenvalue weighted by atomic mass is 10.2. The Kier molecular flexibility index (Phi) is 3.82. The second-order valence-corrected chi connectivity index (χ2v) is 5.34. The maximum absolute atomic E-state index is 11.9. The minimum atomic E-state index is -5.79. The van der Waals surface area contributed by atoms with Crippen LogP contribution in [-0.4, -0.2) is 19.8 Å². The fourth-order valence-electron chi connectivity index (χ4n) is 0.806. The van der Waals surface area contributed by atoms with E-state index in [2.05, 4.69) is 20.3 Å². The quantitative estimate of drug-likeness (QED) is 0.608. The number of nitrogens with zero attached hydrogens (tertiary/aromatic N) is 1. The van der Waals surface area contributed by atoms with Crippen LogP contribution in [0.3, 0.4) is 0 Å². The molecule has 17 heavy (non-hydrogen) atoms. The van der Waals surface area contributed by atoms with Crippen molar-refractivity contribution in [2.24, 2.45) is 4.40 Å². The third kappa shape index (κ3) is 3.43. The van der Waals surface area contributed by atoms with Gasteiger partial charge >= 0.3 is 15.5 Å². The predicted octanol–water partition coefficient (Wildman–Crippen LogP) is 1.41. The van der Waals surface area contributed by atoms with Gasteiger partial charge in [0.25, 0.3) is 0 Å². The summed E-state index contributed by atoms with van der Waals surface area (Å²) in [6, 6.07) is 5.07. The monoisotopic (exact) mass is 330 g/mol. The molecular weight excluding hydrogens is 327 g/mol. The van der Waals surface area contributed by atoms with Crippen molar-refractivity contribution >= 4 is 31.9 Å². The molecule has 1 aromatic rings. The zero-order chi connectivity index (χ0) is 13.3. The highest BCUT2D eigenvalue weighted by atomic mass is 79.9. The third-order valence-electron chi connectivity index (χ3n) is 1.59. The molecular formula is C8H4BrF3NO3S-. The molecule has 0 aliphatic heterocycles. The van der Waals surface area contributed by atoms with E-state index in [1.54, 1.807) is 0 Å². The van der Waals surface area contributed by atoms with E-state index in [-0.39, 0.29) is 5.56 Å². The summed E-state index contributed by atoms with van der Waals surface area (Å²) < 4.78 is 59.7. The van der Waals surface area contributed by atoms with E-state index < -0.39 is 21.4 Å². The van der Waals surface area contributed by atoms with Crippen molar-refractivity contribution < 1.29 is 26.7 Å². The van der Waals surface area contributed by atoms with E-state index in [1.807, 2.05) is 0 Å². The first-order valence-electron chi connectivity index (χ1n) is 3.98. The van der Waals surface area contributed by atoms with Crippen molar-refractivity contribution in [2.75, 3.05) is 0 Å². The number of alkyl halides is 3. The molecule has 0 fully saturated rings. The molecule has 94 valence electrons. The van der Waals surface area contributed by atoms with Crippen molar-refractivity contribution in [1.82, 2.24) is 0 Å². The van der Waals surface area contributed by atoms with Crippen LogP contribution in [0.5, 0.6) is 0 Å². The number of rotatable bonds is 2. The van der Waals surface area contributed by atoms with Gasteiger partial charge in [-0.15, -0.1) is 0 Å². The third-order valence-corrected chi connectivity index (χ3v) is 3.11. The highest BCUT2D eigenvalue weighted by molar-refractivity contribution is 9.10. The van der Waals surface area contributed by atoms with Gasteiger partial charge < -0.3 is 5.11 Å². The van der Waals surface area contributed by atoms with Crippen LogP contribution in [0.1, 0.15) is 5.56 Å². The molecule has 9 heteroatoms. The minimum absolute atomic E-state index is 0.249. The number of benzene rings is 1. The summed E-state index contributed by atoms with van der Waals surface area (Å²) in [5, 5.41) is 11.2. The van der Waals surface area contributed by atoms with Crippen LogP contribution < -0.4 is 5.11 Å². The predicted molar refractivity (Wildman–Crippen MR) is 55.7 cm³/mol. The fraction of sp³-hybridized carbons (Fsp3) is 0.125. The summed E-state index contributed by atoms with van der Waals surface area (Å²) >= 11 is 3.05. The molecule has 0 saturated carbocycles. The Morgan fingerprint density at radius 2 is 1.71 bits per heavy atom. The number of hydrogen-bond acceptors (Lipinski definition) is 3. The highest BCUT2D eigenvalue weighted by Crippen LogP contribution is 2.24. The number of halogens is 4. The van der Waals surface area contributed by atoms with Crippen molar-refractivity contribution in [3.8, 4) is 0 Å². The minimum Gasteiger partial charge on any atom is -0.858 e. The lowest BCUT2D eigenvalue weighted by Gasteiger charge is -2.11. The summed E-state index contributed by atoms with van der Waals surface area (Å²) in [6.45, 7) is 0. The standard InChI is InChI=1S/C8H5BrF3NO3S/c9-6-3-1-5(2-4-6)7(14)13-17(15,16)8(10,11)12/h1-4H,(H,13,14)/p-1. The van der Waals surface area contributed by atoms with Crippen LogP contribution in [0, 0.1) is 0 Å². The first kappa shape index (κ1) is 14.0. The average Bonchev–Trinajstić information content (AvgIpc) is 2.16. The highest BCUT2D eigenvalue weighted by Gasteiger charge is 2.45. The molecule has 0 aliphatic rings. The van der Waals surface area contributed by atoms with E-state index in [9.17, 15) is 26.7 Å². The van der Waals surface area contributed by atoms with E-state index in [4.69, 9.17) is 0 Å². The van der Waals surface area contributed by atoms with Gasteiger partial charge in [0.05, 0.1) is 0 Å². The Hall–Kier alpha value is -1.09. The Morgan fingerprint density at radius 3 is 2.12 bits per heavy atom. The van der Waals surface area contributed by atoms with Crippen LogP contribution in [0.4, 0.5) is 13.2 Å². The number of hydrogen-bond donors (Lipinski definition) is 0. The van der Waals surface area contributed by atoms with Gasteiger partial charge in [-0.25, -0.2) is 0 Å². The smallest absolute Gasteiger partial charge is 0.518 e. The van der Waals surface area contributed by atoms with Gasteiger partial charge in [-0.1, -0.05) is 28.1 Å². The lowest BCUT2D eigenvalue weighted by molar-refractivity contribution is -0.212. The van der Waals surface area contributed by atoms with Crippen LogP contribution in [0.15, 0.2) is 33.1 Å². The summed E-state index contributed by atoms with van der Waals surface area (Å²) in [5.41, 5.74) is -5.82. The maximum Gasteiger partial charge on any atom is 0.518 e. The second kappa shape index (κ2) is 4.65. The fourth-order valence-corrected chi connectivity index (χ4v) is 1.50. The van der Waals surface area contributed by atoms with E-state index in [0.29, 0.717) is 4.47 Å². The Balaban J connectivity index is 3.14. The molecule has 0 amide bonds. The van der Waals surface area contributed by atoms with Gasteiger partial charge in [-0.2, -0.15) is 26.0 Å². The summed E-state index contributed by atoms with van der Waals surface area (Å²) in [4.78, 5) is 0. The normalized spacial score (nSPS) is 13.8. The molecule has 1 aromatic carbocycles. The molecule has 0 unspecified atom stereocenters. The topological polar surface area (TPSA) is 69.6 Å². The summed E-state index contributed by atoms with van der Waals surface area (Å²) in [7, 11) is -5.79. The molecule has 0 radical (unpaired) electrons. The lowest BCUT2D eigenvalue weighted by Crippen LogP contribution is -2.27. The summed E-state index contributed by atoms with van der Waals surface area (Å²) in [5.74, 6) is -1.46. The Bertz CT molecular complexity index is 536. The number of sulfonamides is 1. The van der Waals surface area contributed by atoms with Crippen molar-refractivity contribution in [3.05, 3.63) is 34.3 Å². The molecule has 0 atom stereocenters. The van der Waals surface area contributed by atoms with Crippen LogP contribution in [0.2, 0.25) is 0 Å². The van der Waals surface area contributed by atoms with Gasteiger partial charge in [-0.05, 0) is 17.7 Å². The summed E-state index contributed by atoms with van der Waals surface area (Å²) in [6.07, 6.45) is 0.